The monoisotopic (exact) mass is 532 g/mol. The van der Waals surface area contributed by atoms with Gasteiger partial charge in [-0.1, -0.05) is 42.1 Å². The van der Waals surface area contributed by atoms with Crippen LogP contribution in [0.25, 0.3) is 22.1 Å². The van der Waals surface area contributed by atoms with E-state index in [1.807, 2.05) is 13.0 Å². The lowest BCUT2D eigenvalue weighted by molar-refractivity contribution is 0.129. The predicted octanol–water partition coefficient (Wildman–Crippen LogP) is 6.20. The number of aryl methyl sites for hydroxylation is 1. The van der Waals surface area contributed by atoms with Crippen LogP contribution in [-0.2, 0) is 18.3 Å². The fraction of sp³-hybridized carbons (Fsp3) is 0.467. The minimum Gasteiger partial charge on any atom is -0.496 e. The number of furan rings is 1. The van der Waals surface area contributed by atoms with E-state index < -0.39 is 0 Å². The van der Waals surface area contributed by atoms with Crippen LogP contribution < -0.4 is 4.74 Å². The van der Waals surface area contributed by atoms with Crippen LogP contribution in [0, 0.1) is 6.92 Å². The maximum absolute atomic E-state index is 6.22. The first-order valence-corrected chi connectivity index (χ1v) is 14.6. The first kappa shape index (κ1) is 25.5. The van der Waals surface area contributed by atoms with Gasteiger partial charge in [0.25, 0.3) is 0 Å². The second kappa shape index (κ2) is 11.1. The number of hydrogen-bond donors (Lipinski definition) is 0. The van der Waals surface area contributed by atoms with Crippen LogP contribution in [0.15, 0.2) is 52.0 Å². The Morgan fingerprint density at radius 1 is 1.08 bits per heavy atom. The summed E-state index contributed by atoms with van der Waals surface area (Å²) in [7, 11) is 3.86. The summed E-state index contributed by atoms with van der Waals surface area (Å²) in [5, 5.41) is 11.2. The van der Waals surface area contributed by atoms with Gasteiger partial charge in [0.15, 0.2) is 5.16 Å². The van der Waals surface area contributed by atoms with Crippen LogP contribution in [-0.4, -0.2) is 58.3 Å². The van der Waals surface area contributed by atoms with Crippen molar-refractivity contribution >= 4 is 22.7 Å². The highest BCUT2D eigenvalue weighted by molar-refractivity contribution is 7.99. The molecular weight excluding hydrogens is 496 g/mol. The second-order valence-corrected chi connectivity index (χ2v) is 11.4. The van der Waals surface area contributed by atoms with Crippen LogP contribution in [0.3, 0.4) is 0 Å². The molecule has 1 unspecified atom stereocenters. The molecular formula is C30H36N4O3S. The van der Waals surface area contributed by atoms with Gasteiger partial charge < -0.3 is 18.5 Å². The molecule has 38 heavy (non-hydrogen) atoms. The van der Waals surface area contributed by atoms with Gasteiger partial charge in [-0.05, 0) is 63.4 Å². The summed E-state index contributed by atoms with van der Waals surface area (Å²) in [5.74, 6) is 4.35. The maximum atomic E-state index is 6.22. The van der Waals surface area contributed by atoms with Crippen LogP contribution in [0.1, 0.15) is 48.7 Å². The van der Waals surface area contributed by atoms with Gasteiger partial charge in [-0.15, -0.1) is 10.2 Å². The zero-order chi connectivity index (χ0) is 26.1. The molecule has 0 N–H and O–H groups in total. The summed E-state index contributed by atoms with van der Waals surface area (Å²) in [6, 6.07) is 14.7. The Morgan fingerprint density at radius 2 is 1.89 bits per heavy atom. The van der Waals surface area contributed by atoms with Crippen molar-refractivity contribution in [2.24, 2.45) is 7.05 Å². The second-order valence-electron chi connectivity index (χ2n) is 10.5. The summed E-state index contributed by atoms with van der Waals surface area (Å²) in [6.07, 6.45) is 4.83. The number of aromatic nitrogens is 3. The molecule has 2 aromatic heterocycles. The van der Waals surface area contributed by atoms with Crippen molar-refractivity contribution in [3.63, 3.8) is 0 Å². The van der Waals surface area contributed by atoms with E-state index in [1.54, 1.807) is 18.9 Å². The first-order valence-electron chi connectivity index (χ1n) is 13.6. The minimum absolute atomic E-state index is 0.356. The topological polar surface area (TPSA) is 65.6 Å². The number of rotatable bonds is 8. The highest BCUT2D eigenvalue weighted by Crippen LogP contribution is 2.39. The fourth-order valence-electron chi connectivity index (χ4n) is 5.91. The fourth-order valence-corrected chi connectivity index (χ4v) is 6.89. The maximum Gasteiger partial charge on any atom is 0.191 e. The highest BCUT2D eigenvalue weighted by Gasteiger charge is 2.27. The molecule has 0 aliphatic carbocycles. The molecule has 4 heterocycles. The molecule has 8 heteroatoms. The molecule has 2 aromatic carbocycles. The number of thioether (sulfide) groups is 1. The molecule has 1 atom stereocenters. The molecule has 0 bridgehead atoms. The van der Waals surface area contributed by atoms with E-state index >= 15 is 0 Å². The van der Waals surface area contributed by atoms with Crippen molar-refractivity contribution in [1.29, 1.82) is 0 Å². The van der Waals surface area contributed by atoms with Crippen LogP contribution in [0.2, 0.25) is 0 Å². The van der Waals surface area contributed by atoms with Gasteiger partial charge in [-0.3, -0.25) is 4.90 Å². The Hall–Kier alpha value is -2.81. The third kappa shape index (κ3) is 5.09. The van der Waals surface area contributed by atoms with Crippen molar-refractivity contribution in [3.8, 4) is 16.9 Å². The molecule has 200 valence electrons. The van der Waals surface area contributed by atoms with Gasteiger partial charge in [0.1, 0.15) is 22.9 Å². The zero-order valence-corrected chi connectivity index (χ0v) is 23.3. The van der Waals surface area contributed by atoms with Crippen molar-refractivity contribution in [2.75, 3.05) is 32.6 Å². The Morgan fingerprint density at radius 3 is 2.63 bits per heavy atom. The van der Waals surface area contributed by atoms with Gasteiger partial charge in [-0.25, -0.2) is 0 Å². The Labute approximate surface area is 228 Å². The normalized spacial score (nSPS) is 19.0. The molecule has 2 aliphatic rings. The Balaban J connectivity index is 1.12. The molecule has 0 radical (unpaired) electrons. The summed E-state index contributed by atoms with van der Waals surface area (Å²) in [6.45, 7) is 5.81. The average molecular weight is 533 g/mol. The number of benzene rings is 2. The van der Waals surface area contributed by atoms with E-state index in [4.69, 9.17) is 13.9 Å². The van der Waals surface area contributed by atoms with Gasteiger partial charge in [-0.2, -0.15) is 0 Å². The molecule has 0 saturated carbocycles. The number of hydrogen-bond acceptors (Lipinski definition) is 7. The van der Waals surface area contributed by atoms with Crippen LogP contribution >= 0.6 is 11.8 Å². The number of piperidine rings is 1. The molecule has 2 saturated heterocycles. The van der Waals surface area contributed by atoms with Gasteiger partial charge >= 0.3 is 0 Å². The molecule has 2 fully saturated rings. The third-order valence-electron chi connectivity index (χ3n) is 7.97. The lowest BCUT2D eigenvalue weighted by Crippen LogP contribution is -2.33. The number of methoxy groups -OCH3 is 1. The van der Waals surface area contributed by atoms with E-state index in [0.717, 1.165) is 95.8 Å². The van der Waals surface area contributed by atoms with Crippen molar-refractivity contribution in [1.82, 2.24) is 19.7 Å². The molecule has 2 aliphatic heterocycles. The molecule has 4 aromatic rings. The number of fused-ring (bicyclic) bond motifs is 1. The van der Waals surface area contributed by atoms with Crippen LogP contribution in [0.5, 0.6) is 5.75 Å². The standard InChI is InChI=1S/C30H36N4O3S/c1-20-28(21-8-5-4-6-9-21)25-17-26(35-3)23(16-27(25)37-20)18-34-13-11-22(12-14-34)29-31-32-30(33(29)2)38-19-24-10-7-15-36-24/h4-6,8-9,16-17,22,24H,7,10-15,18-19H2,1-3H3. The number of likely N-dealkylation sites (tertiary alicyclic amines) is 1. The summed E-state index contributed by atoms with van der Waals surface area (Å²) in [4.78, 5) is 2.51. The Bertz CT molecular complexity index is 1390. The Kier molecular flexibility index (Phi) is 7.45. The van der Waals surface area contributed by atoms with Crippen molar-refractivity contribution in [3.05, 3.63) is 59.6 Å². The van der Waals surface area contributed by atoms with Crippen LogP contribution in [0.4, 0.5) is 0 Å². The van der Waals surface area contributed by atoms with E-state index in [0.29, 0.717) is 12.0 Å². The minimum atomic E-state index is 0.356. The van der Waals surface area contributed by atoms with Crippen molar-refractivity contribution in [2.45, 2.75) is 56.3 Å². The predicted molar refractivity (Wildman–Crippen MR) is 151 cm³/mol. The lowest BCUT2D eigenvalue weighted by Gasteiger charge is -2.31. The number of ether oxygens (including phenoxy) is 2. The molecule has 0 amide bonds. The lowest BCUT2D eigenvalue weighted by atomic mass is 9.95. The van der Waals surface area contributed by atoms with Crippen molar-refractivity contribution < 1.29 is 13.9 Å². The molecule has 0 spiro atoms. The van der Waals surface area contributed by atoms with E-state index in [2.05, 4.69) is 63.1 Å². The first-order chi connectivity index (χ1) is 18.6. The third-order valence-corrected chi connectivity index (χ3v) is 9.12. The van der Waals surface area contributed by atoms with Gasteiger partial charge in [0, 0.05) is 48.4 Å². The summed E-state index contributed by atoms with van der Waals surface area (Å²) >= 11 is 1.77. The smallest absolute Gasteiger partial charge is 0.191 e. The highest BCUT2D eigenvalue weighted by atomic mass is 32.2. The summed E-state index contributed by atoms with van der Waals surface area (Å²) < 4.78 is 20.0. The van der Waals surface area contributed by atoms with Gasteiger partial charge in [0.2, 0.25) is 0 Å². The SMILES string of the molecule is COc1cc2c(-c3ccccc3)c(C)oc2cc1CN1CCC(c2nnc(SCC3CCCO3)n2C)CC1. The van der Waals surface area contributed by atoms with E-state index in [1.165, 1.54) is 12.0 Å². The quantitative estimate of drug-likeness (QED) is 0.251. The van der Waals surface area contributed by atoms with Gasteiger partial charge in [0.05, 0.1) is 13.2 Å². The molecule has 7 nitrogen and oxygen atoms in total. The summed E-state index contributed by atoms with van der Waals surface area (Å²) in [5.41, 5.74) is 4.39. The number of nitrogens with zero attached hydrogens (tertiary/aromatic N) is 4. The zero-order valence-electron chi connectivity index (χ0n) is 22.5. The van der Waals surface area contributed by atoms with E-state index in [9.17, 15) is 0 Å². The molecule has 6 rings (SSSR count). The van der Waals surface area contributed by atoms with E-state index in [-0.39, 0.29) is 0 Å². The largest absolute Gasteiger partial charge is 0.496 e. The average Bonchev–Trinajstić information content (AvgIpc) is 3.66.